The summed E-state index contributed by atoms with van der Waals surface area (Å²) in [5.41, 5.74) is 0.00306. The first-order chi connectivity index (χ1) is 9.13. The molecule has 2 aliphatic rings. The average molecular weight is 269 g/mol. The van der Waals surface area contributed by atoms with E-state index >= 15 is 0 Å². The fraction of sp³-hybridized carbons (Fsp3) is 0.600. The quantitative estimate of drug-likeness (QED) is 0.880. The number of benzene rings is 1. The zero-order valence-electron chi connectivity index (χ0n) is 10.9. The second kappa shape index (κ2) is 4.82. The molecule has 0 spiro atoms. The highest BCUT2D eigenvalue weighted by molar-refractivity contribution is 5.27. The number of hydrogen-bond acceptors (Lipinski definition) is 1. The maximum Gasteiger partial charge on any atom is 0.133 e. The molecule has 0 saturated heterocycles. The Morgan fingerprint density at radius 3 is 2.05 bits per heavy atom. The Morgan fingerprint density at radius 2 is 1.58 bits per heavy atom. The number of rotatable bonds is 3. The highest BCUT2D eigenvalue weighted by Gasteiger charge is 2.54. The molecule has 1 aromatic carbocycles. The van der Waals surface area contributed by atoms with Crippen molar-refractivity contribution < 1.29 is 13.2 Å². The van der Waals surface area contributed by atoms with E-state index in [9.17, 15) is 13.2 Å². The van der Waals surface area contributed by atoms with Crippen LogP contribution in [0.25, 0.3) is 0 Å². The van der Waals surface area contributed by atoms with Gasteiger partial charge in [0.05, 0.1) is 0 Å². The molecule has 19 heavy (non-hydrogen) atoms. The Hall–Kier alpha value is -1.03. The maximum absolute atomic E-state index is 13.9. The molecule has 104 valence electrons. The number of nitrogens with one attached hydrogen (secondary N) is 1. The molecular formula is C15H18F3N. The molecule has 1 aromatic rings. The molecule has 4 heteroatoms. The van der Waals surface area contributed by atoms with Gasteiger partial charge in [-0.2, -0.15) is 0 Å². The fourth-order valence-corrected chi connectivity index (χ4v) is 3.92. The van der Waals surface area contributed by atoms with E-state index in [4.69, 9.17) is 0 Å². The molecule has 2 saturated carbocycles. The Balaban J connectivity index is 1.91. The van der Waals surface area contributed by atoms with Gasteiger partial charge in [-0.15, -0.1) is 0 Å². The van der Waals surface area contributed by atoms with Crippen LogP contribution in [-0.2, 0) is 0 Å². The molecule has 2 fully saturated rings. The Kier molecular flexibility index (Phi) is 3.29. The minimum absolute atomic E-state index is 0.00306. The summed E-state index contributed by atoms with van der Waals surface area (Å²) in [5, 5.41) is 3.04. The Bertz CT molecular complexity index is 453. The summed E-state index contributed by atoms with van der Waals surface area (Å²) < 4.78 is 40.8. The van der Waals surface area contributed by atoms with E-state index in [1.807, 2.05) is 0 Å². The van der Waals surface area contributed by atoms with E-state index in [0.29, 0.717) is 17.8 Å². The van der Waals surface area contributed by atoms with Crippen molar-refractivity contribution in [1.29, 1.82) is 0 Å². The van der Waals surface area contributed by atoms with Crippen molar-refractivity contribution in [1.82, 2.24) is 5.32 Å². The topological polar surface area (TPSA) is 12.0 Å². The van der Waals surface area contributed by atoms with E-state index in [1.54, 1.807) is 7.05 Å². The van der Waals surface area contributed by atoms with Crippen molar-refractivity contribution in [2.75, 3.05) is 7.05 Å². The summed E-state index contributed by atoms with van der Waals surface area (Å²) >= 11 is 0. The van der Waals surface area contributed by atoms with Crippen LogP contribution < -0.4 is 5.32 Å². The highest BCUT2D eigenvalue weighted by atomic mass is 19.1. The van der Waals surface area contributed by atoms with Crippen LogP contribution in [0.3, 0.4) is 0 Å². The third-order valence-electron chi connectivity index (χ3n) is 4.77. The van der Waals surface area contributed by atoms with E-state index in [1.165, 1.54) is 12.8 Å². The molecule has 2 aliphatic carbocycles. The Morgan fingerprint density at radius 1 is 1.05 bits per heavy atom. The zero-order chi connectivity index (χ0) is 13.6. The predicted molar refractivity (Wildman–Crippen MR) is 67.1 cm³/mol. The standard InChI is InChI=1S/C15H18F3N/c1-19-15(13-9-4-2-3-5-10(9)13)14-11(17)6-8(16)7-12(14)18/h6-7,9-10,13,15,19H,2-5H2,1H3. The largest absolute Gasteiger partial charge is 0.313 e. The van der Waals surface area contributed by atoms with Crippen molar-refractivity contribution >= 4 is 0 Å². The van der Waals surface area contributed by atoms with Gasteiger partial charge in [-0.25, -0.2) is 13.2 Å². The third-order valence-corrected chi connectivity index (χ3v) is 4.77. The van der Waals surface area contributed by atoms with Crippen molar-refractivity contribution in [3.63, 3.8) is 0 Å². The molecule has 1 nitrogen and oxygen atoms in total. The number of hydrogen-bond donors (Lipinski definition) is 1. The lowest BCUT2D eigenvalue weighted by Crippen LogP contribution is -2.22. The normalized spacial score (nSPS) is 30.8. The van der Waals surface area contributed by atoms with E-state index in [0.717, 1.165) is 25.0 Å². The fourth-order valence-electron chi connectivity index (χ4n) is 3.92. The predicted octanol–water partition coefficient (Wildman–Crippen LogP) is 3.80. The first kappa shape index (κ1) is 13.0. The van der Waals surface area contributed by atoms with Crippen LogP contribution >= 0.6 is 0 Å². The van der Waals surface area contributed by atoms with Gasteiger partial charge in [0.25, 0.3) is 0 Å². The van der Waals surface area contributed by atoms with Crippen LogP contribution in [0.15, 0.2) is 12.1 Å². The van der Waals surface area contributed by atoms with Gasteiger partial charge in [0.2, 0.25) is 0 Å². The summed E-state index contributed by atoms with van der Waals surface area (Å²) in [5.74, 6) is -0.963. The van der Waals surface area contributed by atoms with Gasteiger partial charge in [-0.3, -0.25) is 0 Å². The summed E-state index contributed by atoms with van der Waals surface area (Å²) in [6.07, 6.45) is 4.72. The molecule has 1 N–H and O–H groups in total. The first-order valence-electron chi connectivity index (χ1n) is 6.95. The second-order valence-corrected chi connectivity index (χ2v) is 5.74. The summed E-state index contributed by atoms with van der Waals surface area (Å²) in [4.78, 5) is 0. The lowest BCUT2D eigenvalue weighted by molar-refractivity contribution is 0.425. The minimum Gasteiger partial charge on any atom is -0.313 e. The van der Waals surface area contributed by atoms with E-state index < -0.39 is 17.5 Å². The third kappa shape index (κ3) is 2.16. The molecule has 0 bridgehead atoms. The SMILES string of the molecule is CNC(c1c(F)cc(F)cc1F)C1C2CCCCC21. The summed E-state index contributed by atoms with van der Waals surface area (Å²) in [6.45, 7) is 0. The summed E-state index contributed by atoms with van der Waals surface area (Å²) in [7, 11) is 1.72. The van der Waals surface area contributed by atoms with Gasteiger partial charge >= 0.3 is 0 Å². The lowest BCUT2D eigenvalue weighted by atomic mass is 9.98. The van der Waals surface area contributed by atoms with E-state index in [2.05, 4.69) is 5.32 Å². The maximum atomic E-state index is 13.9. The monoisotopic (exact) mass is 269 g/mol. The molecule has 0 aromatic heterocycles. The highest BCUT2D eigenvalue weighted by Crippen LogP contribution is 2.60. The van der Waals surface area contributed by atoms with Gasteiger partial charge in [0.15, 0.2) is 0 Å². The molecule has 3 atom stereocenters. The van der Waals surface area contributed by atoms with Crippen molar-refractivity contribution in [2.45, 2.75) is 31.7 Å². The van der Waals surface area contributed by atoms with Gasteiger partial charge in [0.1, 0.15) is 17.5 Å². The second-order valence-electron chi connectivity index (χ2n) is 5.74. The number of halogens is 3. The van der Waals surface area contributed by atoms with Crippen molar-refractivity contribution in [2.24, 2.45) is 17.8 Å². The molecule has 0 amide bonds. The molecular weight excluding hydrogens is 251 g/mol. The van der Waals surface area contributed by atoms with Gasteiger partial charge in [0, 0.05) is 23.7 Å². The average Bonchev–Trinajstić information content (AvgIpc) is 3.07. The van der Waals surface area contributed by atoms with Gasteiger partial charge in [-0.1, -0.05) is 12.8 Å². The van der Waals surface area contributed by atoms with Crippen LogP contribution in [0, 0.1) is 35.2 Å². The lowest BCUT2D eigenvalue weighted by Gasteiger charge is -2.18. The van der Waals surface area contributed by atoms with Crippen molar-refractivity contribution in [3.05, 3.63) is 35.1 Å². The van der Waals surface area contributed by atoms with Crippen LogP contribution in [0.5, 0.6) is 0 Å². The van der Waals surface area contributed by atoms with Crippen LogP contribution in [-0.4, -0.2) is 7.05 Å². The van der Waals surface area contributed by atoms with Crippen LogP contribution in [0.4, 0.5) is 13.2 Å². The smallest absolute Gasteiger partial charge is 0.133 e. The molecule has 3 unspecified atom stereocenters. The van der Waals surface area contributed by atoms with Gasteiger partial charge < -0.3 is 5.32 Å². The van der Waals surface area contributed by atoms with Crippen LogP contribution in [0.1, 0.15) is 37.3 Å². The van der Waals surface area contributed by atoms with Crippen molar-refractivity contribution in [3.8, 4) is 0 Å². The van der Waals surface area contributed by atoms with Crippen LogP contribution in [0.2, 0.25) is 0 Å². The Labute approximate surface area is 111 Å². The minimum atomic E-state index is -0.859. The zero-order valence-corrected chi connectivity index (χ0v) is 10.9. The molecule has 0 radical (unpaired) electrons. The molecule has 0 heterocycles. The molecule has 0 aliphatic heterocycles. The number of fused-ring (bicyclic) bond motifs is 1. The summed E-state index contributed by atoms with van der Waals surface area (Å²) in [6, 6.07) is 1.21. The first-order valence-corrected chi connectivity index (χ1v) is 6.95. The molecule has 3 rings (SSSR count). The van der Waals surface area contributed by atoms with Gasteiger partial charge in [-0.05, 0) is 37.6 Å². The van der Waals surface area contributed by atoms with E-state index in [-0.39, 0.29) is 11.6 Å².